The number of anilines is 3. The Balaban J connectivity index is 1.09. The van der Waals surface area contributed by atoms with Crippen LogP contribution in [0.4, 0.5) is 17.1 Å². The number of hydrogen-bond acceptors (Lipinski definition) is 2. The van der Waals surface area contributed by atoms with Gasteiger partial charge >= 0.3 is 0 Å². The SMILES string of the molecule is CC1(c2cccc3c2sc2c(N(c4ccc(-c5ccccc5)cc4)c4ccc(-c5ccc6ccccc6c5)cc4)cccc23)c2ccccc2-c2ccccc21. The van der Waals surface area contributed by atoms with Crippen LogP contribution in [0.3, 0.4) is 0 Å². The molecule has 0 spiro atoms. The molecule has 0 saturated heterocycles. The molecule has 1 aromatic heterocycles. The third kappa shape index (κ3) is 5.07. The van der Waals surface area contributed by atoms with Crippen LogP contribution >= 0.6 is 11.3 Å². The summed E-state index contributed by atoms with van der Waals surface area (Å²) in [7, 11) is 0. The van der Waals surface area contributed by atoms with Crippen molar-refractivity contribution in [2.45, 2.75) is 12.3 Å². The highest BCUT2D eigenvalue weighted by Gasteiger charge is 2.41. The van der Waals surface area contributed by atoms with E-state index in [9.17, 15) is 0 Å². The van der Waals surface area contributed by atoms with Crippen LogP contribution in [-0.2, 0) is 5.41 Å². The summed E-state index contributed by atoms with van der Waals surface area (Å²) in [5.41, 5.74) is 14.8. The van der Waals surface area contributed by atoms with Crippen molar-refractivity contribution in [2.24, 2.45) is 0 Å². The van der Waals surface area contributed by atoms with Crippen LogP contribution in [0.15, 0.2) is 206 Å². The van der Waals surface area contributed by atoms with E-state index < -0.39 is 0 Å². The Labute approximate surface area is 331 Å². The summed E-state index contributed by atoms with van der Waals surface area (Å²) in [5.74, 6) is 0. The minimum Gasteiger partial charge on any atom is -0.309 e. The molecule has 0 unspecified atom stereocenters. The molecular formula is C54H37NS. The number of rotatable bonds is 6. The van der Waals surface area contributed by atoms with E-state index >= 15 is 0 Å². The van der Waals surface area contributed by atoms with Crippen LogP contribution in [-0.4, -0.2) is 0 Å². The topological polar surface area (TPSA) is 3.24 Å². The molecule has 0 aliphatic heterocycles. The van der Waals surface area contributed by atoms with Gasteiger partial charge in [0.25, 0.3) is 0 Å². The summed E-state index contributed by atoms with van der Waals surface area (Å²) >= 11 is 1.93. The van der Waals surface area contributed by atoms with Gasteiger partial charge in [-0.3, -0.25) is 0 Å². The average Bonchev–Trinajstić information content (AvgIpc) is 3.78. The summed E-state index contributed by atoms with van der Waals surface area (Å²) in [6.45, 7) is 2.43. The molecule has 0 bridgehead atoms. The van der Waals surface area contributed by atoms with E-state index in [-0.39, 0.29) is 5.41 Å². The second-order valence-electron chi connectivity index (χ2n) is 15.0. The number of thiophene rings is 1. The van der Waals surface area contributed by atoms with Gasteiger partial charge in [-0.1, -0.05) is 170 Å². The van der Waals surface area contributed by atoms with Crippen LogP contribution in [0.1, 0.15) is 23.6 Å². The van der Waals surface area contributed by atoms with Gasteiger partial charge in [-0.15, -0.1) is 11.3 Å². The first-order chi connectivity index (χ1) is 27.6. The molecular weight excluding hydrogens is 695 g/mol. The van der Waals surface area contributed by atoms with Gasteiger partial charge in [-0.25, -0.2) is 0 Å². The van der Waals surface area contributed by atoms with Crippen LogP contribution in [0, 0.1) is 0 Å². The summed E-state index contributed by atoms with van der Waals surface area (Å²) in [6.07, 6.45) is 0. The molecule has 1 aliphatic carbocycles. The first kappa shape index (κ1) is 32.7. The third-order valence-corrected chi connectivity index (χ3v) is 13.2. The van der Waals surface area contributed by atoms with Crippen molar-refractivity contribution >= 4 is 59.3 Å². The predicted molar refractivity (Wildman–Crippen MR) is 240 cm³/mol. The zero-order chi connectivity index (χ0) is 37.2. The Kier molecular flexibility index (Phi) is 7.55. The third-order valence-electron chi connectivity index (χ3n) is 11.9. The summed E-state index contributed by atoms with van der Waals surface area (Å²) in [5, 5.41) is 5.10. The Bertz CT molecular complexity index is 3040. The molecule has 0 saturated carbocycles. The number of nitrogens with zero attached hydrogens (tertiary/aromatic N) is 1. The smallest absolute Gasteiger partial charge is 0.0640 e. The fraction of sp³-hybridized carbons (Fsp3) is 0.0370. The maximum absolute atomic E-state index is 2.44. The molecule has 0 fully saturated rings. The molecule has 0 N–H and O–H groups in total. The second-order valence-corrected chi connectivity index (χ2v) is 16.0. The van der Waals surface area contributed by atoms with Gasteiger partial charge in [0.05, 0.1) is 10.4 Å². The van der Waals surface area contributed by atoms with E-state index in [0.717, 1.165) is 11.4 Å². The van der Waals surface area contributed by atoms with Gasteiger partial charge in [0.1, 0.15) is 0 Å². The zero-order valence-electron chi connectivity index (χ0n) is 31.0. The lowest BCUT2D eigenvalue weighted by Crippen LogP contribution is -2.22. The lowest BCUT2D eigenvalue weighted by atomic mass is 9.74. The molecule has 264 valence electrons. The molecule has 1 heterocycles. The van der Waals surface area contributed by atoms with E-state index in [1.54, 1.807) is 0 Å². The van der Waals surface area contributed by atoms with E-state index in [2.05, 4.69) is 218 Å². The van der Waals surface area contributed by atoms with Crippen molar-refractivity contribution in [1.29, 1.82) is 0 Å². The molecule has 2 heteroatoms. The van der Waals surface area contributed by atoms with Crippen LogP contribution in [0.2, 0.25) is 0 Å². The minimum absolute atomic E-state index is 0.278. The van der Waals surface area contributed by atoms with Crippen molar-refractivity contribution in [3.63, 3.8) is 0 Å². The normalized spacial score (nSPS) is 12.9. The average molecular weight is 732 g/mol. The number of benzene rings is 9. The van der Waals surface area contributed by atoms with Gasteiger partial charge in [0, 0.05) is 32.3 Å². The Morgan fingerprint density at radius 3 is 1.55 bits per heavy atom. The van der Waals surface area contributed by atoms with Gasteiger partial charge in [-0.05, 0) is 104 Å². The fourth-order valence-corrected chi connectivity index (χ4v) is 10.6. The van der Waals surface area contributed by atoms with Crippen LogP contribution in [0.25, 0.3) is 64.3 Å². The molecule has 0 radical (unpaired) electrons. The molecule has 1 aliphatic rings. The van der Waals surface area contributed by atoms with E-state index in [0.29, 0.717) is 0 Å². The maximum Gasteiger partial charge on any atom is 0.0640 e. The molecule has 0 atom stereocenters. The molecule has 1 nitrogen and oxygen atoms in total. The van der Waals surface area contributed by atoms with Gasteiger partial charge in [-0.2, -0.15) is 0 Å². The van der Waals surface area contributed by atoms with Crippen molar-refractivity contribution in [1.82, 2.24) is 0 Å². The van der Waals surface area contributed by atoms with Crippen molar-refractivity contribution in [3.8, 4) is 33.4 Å². The van der Waals surface area contributed by atoms with E-state index in [1.807, 2.05) is 11.3 Å². The first-order valence-electron chi connectivity index (χ1n) is 19.3. The van der Waals surface area contributed by atoms with Gasteiger partial charge in [0.2, 0.25) is 0 Å². The molecule has 10 aromatic rings. The summed E-state index contributed by atoms with van der Waals surface area (Å²) in [6, 6.07) is 75.8. The van der Waals surface area contributed by atoms with E-state index in [4.69, 9.17) is 0 Å². The number of fused-ring (bicyclic) bond motifs is 7. The molecule has 11 rings (SSSR count). The fourth-order valence-electron chi connectivity index (χ4n) is 9.15. The highest BCUT2D eigenvalue weighted by Crippen LogP contribution is 2.55. The first-order valence-corrected chi connectivity index (χ1v) is 20.2. The van der Waals surface area contributed by atoms with Gasteiger partial charge in [0.15, 0.2) is 0 Å². The highest BCUT2D eigenvalue weighted by atomic mass is 32.1. The molecule has 9 aromatic carbocycles. The van der Waals surface area contributed by atoms with Crippen molar-refractivity contribution in [3.05, 3.63) is 223 Å². The van der Waals surface area contributed by atoms with Crippen LogP contribution in [0.5, 0.6) is 0 Å². The number of hydrogen-bond donors (Lipinski definition) is 0. The molecule has 56 heavy (non-hydrogen) atoms. The lowest BCUT2D eigenvalue weighted by Gasteiger charge is -2.29. The Hall–Kier alpha value is -6.74. The zero-order valence-corrected chi connectivity index (χ0v) is 31.8. The van der Waals surface area contributed by atoms with Crippen molar-refractivity contribution < 1.29 is 0 Å². The van der Waals surface area contributed by atoms with Gasteiger partial charge < -0.3 is 4.90 Å². The minimum atomic E-state index is -0.278. The summed E-state index contributed by atoms with van der Waals surface area (Å²) < 4.78 is 2.62. The Morgan fingerprint density at radius 2 is 0.875 bits per heavy atom. The Morgan fingerprint density at radius 1 is 0.375 bits per heavy atom. The summed E-state index contributed by atoms with van der Waals surface area (Å²) in [4.78, 5) is 2.44. The lowest BCUT2D eigenvalue weighted by molar-refractivity contribution is 0.722. The second kappa shape index (κ2) is 12.9. The van der Waals surface area contributed by atoms with E-state index in [1.165, 1.54) is 86.7 Å². The maximum atomic E-state index is 2.44. The monoisotopic (exact) mass is 731 g/mol. The predicted octanol–water partition coefficient (Wildman–Crippen LogP) is 15.3. The standard InChI is InChI=1S/C54H37NS/c1-54(48-21-9-7-17-44(48)45-18-8-10-22-49(45)54)50-23-11-19-46-47-20-12-24-51(53(47)56-52(46)50)55(42-31-27-38(28-32-42)36-13-3-2-4-14-36)43-33-29-39(30-34-43)41-26-25-37-15-5-6-16-40(37)35-41/h2-35H,1H3. The highest BCUT2D eigenvalue weighted by molar-refractivity contribution is 7.26. The largest absolute Gasteiger partial charge is 0.309 e. The van der Waals surface area contributed by atoms with Crippen LogP contribution < -0.4 is 4.90 Å². The van der Waals surface area contributed by atoms with Crippen molar-refractivity contribution in [2.75, 3.05) is 4.90 Å². The quantitative estimate of drug-likeness (QED) is 0.165. The molecule has 0 amide bonds.